The SMILES string of the molecule is CCCNC(=O)NCc1cccc(C(=O)O)c1. The lowest BCUT2D eigenvalue weighted by molar-refractivity contribution is 0.0696. The van der Waals surface area contributed by atoms with Gasteiger partial charge < -0.3 is 15.7 Å². The highest BCUT2D eigenvalue weighted by Gasteiger charge is 2.04. The highest BCUT2D eigenvalue weighted by atomic mass is 16.4. The molecule has 1 aromatic carbocycles. The number of amides is 2. The maximum absolute atomic E-state index is 11.3. The van der Waals surface area contributed by atoms with E-state index in [0.29, 0.717) is 13.1 Å². The van der Waals surface area contributed by atoms with Crippen LogP contribution in [0.5, 0.6) is 0 Å². The molecule has 0 radical (unpaired) electrons. The van der Waals surface area contributed by atoms with Gasteiger partial charge in [0.1, 0.15) is 0 Å². The van der Waals surface area contributed by atoms with E-state index in [9.17, 15) is 9.59 Å². The maximum Gasteiger partial charge on any atom is 0.335 e. The van der Waals surface area contributed by atoms with E-state index in [4.69, 9.17) is 5.11 Å². The number of hydrogen-bond donors (Lipinski definition) is 3. The Hall–Kier alpha value is -2.04. The lowest BCUT2D eigenvalue weighted by Gasteiger charge is -2.07. The molecule has 2 amide bonds. The molecule has 0 unspecified atom stereocenters. The quantitative estimate of drug-likeness (QED) is 0.726. The minimum atomic E-state index is -0.970. The number of carboxylic acid groups (broad SMARTS) is 1. The summed E-state index contributed by atoms with van der Waals surface area (Å²) < 4.78 is 0. The van der Waals surface area contributed by atoms with E-state index in [-0.39, 0.29) is 11.6 Å². The molecule has 0 saturated carbocycles. The molecule has 0 saturated heterocycles. The van der Waals surface area contributed by atoms with Crippen LogP contribution in [0.25, 0.3) is 0 Å². The monoisotopic (exact) mass is 236 g/mol. The number of carbonyl (C=O) groups excluding carboxylic acids is 1. The molecule has 5 nitrogen and oxygen atoms in total. The highest BCUT2D eigenvalue weighted by Crippen LogP contribution is 2.04. The van der Waals surface area contributed by atoms with Crippen LogP contribution in [0.4, 0.5) is 4.79 Å². The second-order valence-corrected chi connectivity index (χ2v) is 3.61. The average Bonchev–Trinajstić information content (AvgIpc) is 2.34. The van der Waals surface area contributed by atoms with Crippen LogP contribution in [-0.4, -0.2) is 23.7 Å². The summed E-state index contributed by atoms with van der Waals surface area (Å²) in [5.74, 6) is -0.970. The van der Waals surface area contributed by atoms with Crippen LogP contribution in [0.1, 0.15) is 29.3 Å². The first-order chi connectivity index (χ1) is 8.13. The van der Waals surface area contributed by atoms with Gasteiger partial charge in [-0.25, -0.2) is 9.59 Å². The van der Waals surface area contributed by atoms with Crippen LogP contribution < -0.4 is 10.6 Å². The Morgan fingerprint density at radius 2 is 2.06 bits per heavy atom. The Bertz CT molecular complexity index is 404. The van der Waals surface area contributed by atoms with Crippen LogP contribution in [0.15, 0.2) is 24.3 Å². The minimum Gasteiger partial charge on any atom is -0.478 e. The summed E-state index contributed by atoms with van der Waals surface area (Å²) >= 11 is 0. The lowest BCUT2D eigenvalue weighted by atomic mass is 10.1. The van der Waals surface area contributed by atoms with Crippen molar-refractivity contribution in [3.63, 3.8) is 0 Å². The predicted molar refractivity (Wildman–Crippen MR) is 63.9 cm³/mol. The summed E-state index contributed by atoms with van der Waals surface area (Å²) in [6.07, 6.45) is 0.877. The molecule has 5 heteroatoms. The van der Waals surface area contributed by atoms with Crippen molar-refractivity contribution in [2.24, 2.45) is 0 Å². The molecular formula is C12H16N2O3. The first-order valence-electron chi connectivity index (χ1n) is 5.47. The van der Waals surface area contributed by atoms with Crippen molar-refractivity contribution in [2.45, 2.75) is 19.9 Å². The van der Waals surface area contributed by atoms with Crippen LogP contribution >= 0.6 is 0 Å². The summed E-state index contributed by atoms with van der Waals surface area (Å²) in [5.41, 5.74) is 0.981. The molecule has 0 spiro atoms. The van der Waals surface area contributed by atoms with Crippen LogP contribution in [0.2, 0.25) is 0 Å². The molecule has 0 aliphatic carbocycles. The van der Waals surface area contributed by atoms with Crippen molar-refractivity contribution < 1.29 is 14.7 Å². The van der Waals surface area contributed by atoms with Gasteiger partial charge >= 0.3 is 12.0 Å². The van der Waals surface area contributed by atoms with Gasteiger partial charge in [0.15, 0.2) is 0 Å². The third kappa shape index (κ3) is 4.55. The van der Waals surface area contributed by atoms with E-state index < -0.39 is 5.97 Å². The van der Waals surface area contributed by atoms with E-state index in [2.05, 4.69) is 10.6 Å². The Morgan fingerprint density at radius 1 is 1.29 bits per heavy atom. The van der Waals surface area contributed by atoms with Crippen LogP contribution in [0, 0.1) is 0 Å². The van der Waals surface area contributed by atoms with E-state index in [1.165, 1.54) is 6.07 Å². The lowest BCUT2D eigenvalue weighted by Crippen LogP contribution is -2.35. The number of rotatable bonds is 5. The zero-order valence-corrected chi connectivity index (χ0v) is 9.69. The Kier molecular flexibility index (Phi) is 5.00. The number of aromatic carboxylic acids is 1. The summed E-state index contributed by atoms with van der Waals surface area (Å²) in [6.45, 7) is 2.91. The number of benzene rings is 1. The molecule has 1 rings (SSSR count). The molecule has 0 aromatic heterocycles. The van der Waals surface area contributed by atoms with E-state index in [1.807, 2.05) is 6.92 Å². The molecule has 3 N–H and O–H groups in total. The molecule has 92 valence electrons. The van der Waals surface area contributed by atoms with Gasteiger partial charge in [-0.3, -0.25) is 0 Å². The first kappa shape index (κ1) is 13.0. The van der Waals surface area contributed by atoms with Crippen molar-refractivity contribution >= 4 is 12.0 Å². The summed E-state index contributed by atoms with van der Waals surface area (Å²) in [6, 6.07) is 6.25. The molecule has 0 aliphatic rings. The van der Waals surface area contributed by atoms with E-state index in [0.717, 1.165) is 12.0 Å². The van der Waals surface area contributed by atoms with Crippen LogP contribution in [0.3, 0.4) is 0 Å². The largest absolute Gasteiger partial charge is 0.478 e. The van der Waals surface area contributed by atoms with Crippen molar-refractivity contribution in [2.75, 3.05) is 6.54 Å². The first-order valence-corrected chi connectivity index (χ1v) is 5.47. The van der Waals surface area contributed by atoms with Crippen molar-refractivity contribution in [1.29, 1.82) is 0 Å². The standard InChI is InChI=1S/C12H16N2O3/c1-2-6-13-12(17)14-8-9-4-3-5-10(7-9)11(15)16/h3-5,7H,2,6,8H2,1H3,(H,15,16)(H2,13,14,17). The summed E-state index contributed by atoms with van der Waals surface area (Å²) in [5, 5.41) is 14.1. The minimum absolute atomic E-state index is 0.221. The van der Waals surface area contributed by atoms with Gasteiger partial charge in [-0.05, 0) is 24.1 Å². The van der Waals surface area contributed by atoms with Gasteiger partial charge in [0.25, 0.3) is 0 Å². The highest BCUT2D eigenvalue weighted by molar-refractivity contribution is 5.87. The van der Waals surface area contributed by atoms with Gasteiger partial charge in [0.05, 0.1) is 5.56 Å². The smallest absolute Gasteiger partial charge is 0.335 e. The second kappa shape index (κ2) is 6.52. The zero-order chi connectivity index (χ0) is 12.7. The average molecular weight is 236 g/mol. The predicted octanol–water partition coefficient (Wildman–Crippen LogP) is 1.59. The Labute approximate surface area is 99.8 Å². The number of carbonyl (C=O) groups is 2. The molecule has 0 heterocycles. The molecule has 1 aromatic rings. The van der Waals surface area contributed by atoms with Gasteiger partial charge in [-0.1, -0.05) is 19.1 Å². The fourth-order valence-corrected chi connectivity index (χ4v) is 1.30. The van der Waals surface area contributed by atoms with Gasteiger partial charge in [-0.15, -0.1) is 0 Å². The van der Waals surface area contributed by atoms with Gasteiger partial charge in [0.2, 0.25) is 0 Å². The fourth-order valence-electron chi connectivity index (χ4n) is 1.30. The van der Waals surface area contributed by atoms with Gasteiger partial charge in [-0.2, -0.15) is 0 Å². The van der Waals surface area contributed by atoms with Gasteiger partial charge in [0, 0.05) is 13.1 Å². The topological polar surface area (TPSA) is 78.4 Å². The number of urea groups is 1. The second-order valence-electron chi connectivity index (χ2n) is 3.61. The van der Waals surface area contributed by atoms with Crippen molar-refractivity contribution in [1.82, 2.24) is 10.6 Å². The Balaban J connectivity index is 2.49. The summed E-state index contributed by atoms with van der Waals surface area (Å²) in [7, 11) is 0. The number of nitrogens with one attached hydrogen (secondary N) is 2. The van der Waals surface area contributed by atoms with E-state index >= 15 is 0 Å². The summed E-state index contributed by atoms with van der Waals surface area (Å²) in [4.78, 5) is 22.0. The molecule has 0 atom stereocenters. The van der Waals surface area contributed by atoms with Crippen molar-refractivity contribution in [3.8, 4) is 0 Å². The molecule has 0 fully saturated rings. The third-order valence-electron chi connectivity index (χ3n) is 2.16. The van der Waals surface area contributed by atoms with E-state index in [1.54, 1.807) is 18.2 Å². The Morgan fingerprint density at radius 3 is 2.71 bits per heavy atom. The number of carboxylic acids is 1. The zero-order valence-electron chi connectivity index (χ0n) is 9.69. The number of hydrogen-bond acceptors (Lipinski definition) is 2. The molecule has 0 bridgehead atoms. The maximum atomic E-state index is 11.3. The third-order valence-corrected chi connectivity index (χ3v) is 2.16. The van der Waals surface area contributed by atoms with Crippen LogP contribution in [-0.2, 0) is 6.54 Å². The normalized spacial score (nSPS) is 9.71. The fraction of sp³-hybridized carbons (Fsp3) is 0.333. The molecule has 0 aliphatic heterocycles. The molecule has 17 heavy (non-hydrogen) atoms. The van der Waals surface area contributed by atoms with Crippen molar-refractivity contribution in [3.05, 3.63) is 35.4 Å². The molecular weight excluding hydrogens is 220 g/mol.